The lowest BCUT2D eigenvalue weighted by atomic mass is 10.0. The van der Waals surface area contributed by atoms with Gasteiger partial charge in [0, 0.05) is 16.7 Å². The lowest BCUT2D eigenvalue weighted by Crippen LogP contribution is -2.19. The number of likely N-dealkylation sites (N-methyl/N-ethyl adjacent to an activating group) is 1. The van der Waals surface area contributed by atoms with E-state index < -0.39 is 0 Å². The molecular weight excluding hydrogens is 306 g/mol. The molecule has 1 N–H and O–H groups in total. The van der Waals surface area contributed by atoms with Gasteiger partial charge in [-0.2, -0.15) is 10.2 Å². The fraction of sp³-hybridized carbons (Fsp3) is 0.286. The van der Waals surface area contributed by atoms with Crippen LogP contribution in [-0.4, -0.2) is 24.4 Å². The largest absolute Gasteiger partial charge is 0.497 e. The first-order valence-electron chi connectivity index (χ1n) is 6.01. The number of aromatic nitrogens is 2. The van der Waals surface area contributed by atoms with Crippen molar-refractivity contribution in [1.29, 1.82) is 0 Å². The minimum Gasteiger partial charge on any atom is -0.497 e. The van der Waals surface area contributed by atoms with E-state index in [0.29, 0.717) is 0 Å². The molecular formula is C14H16BrN3O. The highest BCUT2D eigenvalue weighted by atomic mass is 79.9. The van der Waals surface area contributed by atoms with Gasteiger partial charge in [0.25, 0.3) is 0 Å². The molecule has 0 aliphatic rings. The van der Waals surface area contributed by atoms with Crippen molar-refractivity contribution in [2.75, 3.05) is 14.2 Å². The summed E-state index contributed by atoms with van der Waals surface area (Å²) in [6, 6.07) is 8.16. The summed E-state index contributed by atoms with van der Waals surface area (Å²) in [5, 5.41) is 11.0. The molecule has 19 heavy (non-hydrogen) atoms. The van der Waals surface area contributed by atoms with Crippen molar-refractivity contribution < 1.29 is 4.74 Å². The zero-order chi connectivity index (χ0) is 13.7. The van der Waals surface area contributed by atoms with Gasteiger partial charge in [-0.05, 0) is 48.9 Å². The third-order valence-corrected chi connectivity index (χ3v) is 3.81. The first kappa shape index (κ1) is 14.0. The first-order chi connectivity index (χ1) is 9.24. The average molecular weight is 322 g/mol. The average Bonchev–Trinajstić information content (AvgIpc) is 2.47. The molecule has 100 valence electrons. The Morgan fingerprint density at radius 1 is 1.32 bits per heavy atom. The van der Waals surface area contributed by atoms with Crippen LogP contribution in [0.5, 0.6) is 5.75 Å². The summed E-state index contributed by atoms with van der Waals surface area (Å²) in [6.07, 6.45) is 4.34. The van der Waals surface area contributed by atoms with Crippen LogP contribution in [-0.2, 0) is 6.42 Å². The van der Waals surface area contributed by atoms with Crippen LogP contribution in [0.1, 0.15) is 17.2 Å². The minimum atomic E-state index is 0.193. The van der Waals surface area contributed by atoms with E-state index >= 15 is 0 Å². The zero-order valence-corrected chi connectivity index (χ0v) is 12.5. The van der Waals surface area contributed by atoms with E-state index in [1.807, 2.05) is 31.3 Å². The molecule has 0 saturated heterocycles. The molecule has 4 nitrogen and oxygen atoms in total. The fourth-order valence-electron chi connectivity index (χ4n) is 1.95. The standard InChI is InChI=1S/C14H16BrN3O/c1-16-14(10-5-6-17-18-9-10)8-11-7-12(19-2)3-4-13(11)15/h3-7,9,14,16H,8H2,1-2H3. The molecule has 1 aromatic heterocycles. The number of methoxy groups -OCH3 is 1. The van der Waals surface area contributed by atoms with E-state index in [9.17, 15) is 0 Å². The smallest absolute Gasteiger partial charge is 0.119 e. The fourth-order valence-corrected chi connectivity index (χ4v) is 2.36. The monoisotopic (exact) mass is 321 g/mol. The van der Waals surface area contributed by atoms with E-state index in [4.69, 9.17) is 4.74 Å². The number of hydrogen-bond acceptors (Lipinski definition) is 4. The molecule has 0 saturated carbocycles. The van der Waals surface area contributed by atoms with Crippen molar-refractivity contribution in [3.8, 4) is 5.75 Å². The predicted octanol–water partition coefficient (Wildman–Crippen LogP) is 2.75. The maximum atomic E-state index is 5.27. The number of hydrogen-bond donors (Lipinski definition) is 1. The van der Waals surface area contributed by atoms with Gasteiger partial charge in [-0.3, -0.25) is 0 Å². The van der Waals surface area contributed by atoms with Crippen LogP contribution in [0.25, 0.3) is 0 Å². The Hall–Kier alpha value is -1.46. The van der Waals surface area contributed by atoms with E-state index in [2.05, 4.69) is 31.4 Å². The van der Waals surface area contributed by atoms with Crippen LogP contribution in [0.2, 0.25) is 0 Å². The molecule has 0 aliphatic heterocycles. The summed E-state index contributed by atoms with van der Waals surface area (Å²) in [7, 11) is 3.62. The number of halogens is 1. The summed E-state index contributed by atoms with van der Waals surface area (Å²) in [5.74, 6) is 0.862. The van der Waals surface area contributed by atoms with Crippen LogP contribution in [0, 0.1) is 0 Å². The van der Waals surface area contributed by atoms with Gasteiger partial charge in [0.15, 0.2) is 0 Å². The lowest BCUT2D eigenvalue weighted by Gasteiger charge is -2.17. The van der Waals surface area contributed by atoms with Crippen molar-refractivity contribution in [3.63, 3.8) is 0 Å². The van der Waals surface area contributed by atoms with E-state index in [1.54, 1.807) is 19.5 Å². The summed E-state index contributed by atoms with van der Waals surface area (Å²) >= 11 is 3.58. The molecule has 2 aromatic rings. The molecule has 0 amide bonds. The van der Waals surface area contributed by atoms with Gasteiger partial charge in [0.1, 0.15) is 5.75 Å². The predicted molar refractivity (Wildman–Crippen MR) is 78.2 cm³/mol. The molecule has 0 aliphatic carbocycles. The Kier molecular flexibility index (Phi) is 4.87. The molecule has 0 fully saturated rings. The number of nitrogens with zero attached hydrogens (tertiary/aromatic N) is 2. The second-order valence-corrected chi connectivity index (χ2v) is 5.03. The highest BCUT2D eigenvalue weighted by Gasteiger charge is 2.13. The molecule has 2 rings (SSSR count). The van der Waals surface area contributed by atoms with Gasteiger partial charge >= 0.3 is 0 Å². The Labute approximate surface area is 121 Å². The third kappa shape index (κ3) is 3.52. The maximum absolute atomic E-state index is 5.27. The van der Waals surface area contributed by atoms with E-state index in [1.165, 1.54) is 5.56 Å². The quantitative estimate of drug-likeness (QED) is 0.919. The molecule has 1 aromatic carbocycles. The van der Waals surface area contributed by atoms with E-state index in [-0.39, 0.29) is 6.04 Å². The van der Waals surface area contributed by atoms with Gasteiger partial charge in [0.2, 0.25) is 0 Å². The molecule has 1 unspecified atom stereocenters. The highest BCUT2D eigenvalue weighted by Crippen LogP contribution is 2.27. The van der Waals surface area contributed by atoms with Gasteiger partial charge < -0.3 is 10.1 Å². The van der Waals surface area contributed by atoms with Gasteiger partial charge in [0.05, 0.1) is 13.3 Å². The van der Waals surface area contributed by atoms with Crippen LogP contribution in [0.4, 0.5) is 0 Å². The van der Waals surface area contributed by atoms with Crippen molar-refractivity contribution in [3.05, 3.63) is 52.3 Å². The second-order valence-electron chi connectivity index (χ2n) is 4.18. The van der Waals surface area contributed by atoms with Crippen LogP contribution < -0.4 is 10.1 Å². The summed E-state index contributed by atoms with van der Waals surface area (Å²) in [5.41, 5.74) is 2.31. The van der Waals surface area contributed by atoms with Crippen molar-refractivity contribution >= 4 is 15.9 Å². The highest BCUT2D eigenvalue weighted by molar-refractivity contribution is 9.10. The van der Waals surface area contributed by atoms with Gasteiger partial charge in [-0.15, -0.1) is 0 Å². The van der Waals surface area contributed by atoms with Crippen molar-refractivity contribution in [2.24, 2.45) is 0 Å². The lowest BCUT2D eigenvalue weighted by molar-refractivity contribution is 0.413. The van der Waals surface area contributed by atoms with Crippen molar-refractivity contribution in [2.45, 2.75) is 12.5 Å². The van der Waals surface area contributed by atoms with Gasteiger partial charge in [-0.25, -0.2) is 0 Å². The molecule has 0 spiro atoms. The molecule has 1 atom stereocenters. The Bertz CT molecular complexity index is 533. The van der Waals surface area contributed by atoms with Crippen LogP contribution >= 0.6 is 15.9 Å². The Balaban J connectivity index is 2.23. The summed E-state index contributed by atoms with van der Waals surface area (Å²) in [6.45, 7) is 0. The summed E-state index contributed by atoms with van der Waals surface area (Å²) in [4.78, 5) is 0. The first-order valence-corrected chi connectivity index (χ1v) is 6.80. The second kappa shape index (κ2) is 6.63. The number of ether oxygens (including phenoxy) is 1. The molecule has 0 radical (unpaired) electrons. The van der Waals surface area contributed by atoms with Crippen LogP contribution in [0.15, 0.2) is 41.1 Å². The zero-order valence-electron chi connectivity index (χ0n) is 10.9. The summed E-state index contributed by atoms with van der Waals surface area (Å²) < 4.78 is 6.35. The number of nitrogens with one attached hydrogen (secondary N) is 1. The number of rotatable bonds is 5. The Morgan fingerprint density at radius 2 is 2.16 bits per heavy atom. The van der Waals surface area contributed by atoms with Gasteiger partial charge in [-0.1, -0.05) is 15.9 Å². The van der Waals surface area contributed by atoms with Crippen LogP contribution in [0.3, 0.4) is 0 Å². The SMILES string of the molecule is CNC(Cc1cc(OC)ccc1Br)c1ccnnc1. The Morgan fingerprint density at radius 3 is 2.79 bits per heavy atom. The minimum absolute atomic E-state index is 0.193. The molecule has 0 bridgehead atoms. The van der Waals surface area contributed by atoms with Crippen molar-refractivity contribution in [1.82, 2.24) is 15.5 Å². The number of benzene rings is 1. The third-order valence-electron chi connectivity index (χ3n) is 3.03. The normalized spacial score (nSPS) is 12.2. The topological polar surface area (TPSA) is 47.0 Å². The molecule has 5 heteroatoms. The van der Waals surface area contributed by atoms with E-state index in [0.717, 1.165) is 22.2 Å². The maximum Gasteiger partial charge on any atom is 0.119 e. The molecule has 1 heterocycles.